The molecule has 0 amide bonds. The van der Waals surface area contributed by atoms with Crippen LogP contribution in [0.4, 0.5) is 5.69 Å². The molecule has 1 heterocycles. The number of anilines is 1. The van der Waals surface area contributed by atoms with Crippen molar-refractivity contribution in [3.05, 3.63) is 42.0 Å². The maximum Gasteiger partial charge on any atom is 0.0411 e. The van der Waals surface area contributed by atoms with Gasteiger partial charge in [-0.1, -0.05) is 96.0 Å². The van der Waals surface area contributed by atoms with Gasteiger partial charge in [-0.25, -0.2) is 0 Å². The predicted octanol–water partition coefficient (Wildman–Crippen LogP) is 7.08. The van der Waals surface area contributed by atoms with Crippen LogP contribution in [-0.4, -0.2) is 13.1 Å². The van der Waals surface area contributed by atoms with Crippen molar-refractivity contribution >= 4 is 16.5 Å². The van der Waals surface area contributed by atoms with Crippen LogP contribution in [0.2, 0.25) is 0 Å². The van der Waals surface area contributed by atoms with Crippen LogP contribution in [0.5, 0.6) is 0 Å². The Morgan fingerprint density at radius 1 is 0.840 bits per heavy atom. The summed E-state index contributed by atoms with van der Waals surface area (Å²) < 4.78 is 0. The monoisotopic (exact) mass is 337 g/mol. The molecule has 1 nitrogen and oxygen atoms in total. The minimum atomic E-state index is 0.246. The fourth-order valence-electron chi connectivity index (χ4n) is 4.51. The Kier molecular flexibility index (Phi) is 6.04. The maximum absolute atomic E-state index is 2.64. The van der Waals surface area contributed by atoms with Crippen LogP contribution < -0.4 is 4.90 Å². The van der Waals surface area contributed by atoms with E-state index in [0.717, 1.165) is 6.54 Å². The van der Waals surface area contributed by atoms with Gasteiger partial charge in [0, 0.05) is 24.2 Å². The lowest BCUT2D eigenvalue weighted by atomic mass is 9.84. The molecule has 2 aromatic rings. The Bertz CT molecular complexity index is 686. The standard InChI is InChI=1S/C24H35N/c1-4-5-6-7-8-9-10-13-18-25-19-24(2,3)23-21-15-12-11-14-20(21)16-17-22(23)25/h11-12,14-17H,4-10,13,18-19H2,1-3H3. The average molecular weight is 338 g/mol. The molecule has 0 N–H and O–H groups in total. The molecular formula is C24H35N. The zero-order valence-electron chi connectivity index (χ0n) is 16.5. The van der Waals surface area contributed by atoms with Crippen molar-refractivity contribution in [1.29, 1.82) is 0 Å². The lowest BCUT2D eigenvalue weighted by Gasteiger charge is -2.22. The predicted molar refractivity (Wildman–Crippen MR) is 112 cm³/mol. The number of hydrogen-bond donors (Lipinski definition) is 0. The summed E-state index contributed by atoms with van der Waals surface area (Å²) in [6, 6.07) is 13.5. The van der Waals surface area contributed by atoms with E-state index in [1.807, 2.05) is 0 Å². The van der Waals surface area contributed by atoms with Gasteiger partial charge in [-0.3, -0.25) is 0 Å². The second kappa shape index (κ2) is 8.25. The number of nitrogens with zero attached hydrogens (tertiary/aromatic N) is 1. The molecule has 2 aromatic carbocycles. The quantitative estimate of drug-likeness (QED) is 0.442. The lowest BCUT2D eigenvalue weighted by molar-refractivity contribution is 0.535. The molecule has 0 aliphatic carbocycles. The highest BCUT2D eigenvalue weighted by atomic mass is 15.2. The SMILES string of the molecule is CCCCCCCCCCN1CC(C)(C)c2c1ccc1ccccc21. The summed E-state index contributed by atoms with van der Waals surface area (Å²) in [5.74, 6) is 0. The highest BCUT2D eigenvalue weighted by Gasteiger charge is 2.35. The molecule has 1 aliphatic heterocycles. The number of hydrogen-bond acceptors (Lipinski definition) is 1. The van der Waals surface area contributed by atoms with Crippen LogP contribution in [0.25, 0.3) is 10.8 Å². The molecule has 0 saturated carbocycles. The summed E-state index contributed by atoms with van der Waals surface area (Å²) in [6.45, 7) is 9.48. The zero-order chi connectivity index (χ0) is 17.7. The minimum Gasteiger partial charge on any atom is -0.370 e. The highest BCUT2D eigenvalue weighted by molar-refractivity contribution is 5.92. The molecule has 136 valence electrons. The Balaban J connectivity index is 1.58. The molecule has 1 heteroatoms. The zero-order valence-corrected chi connectivity index (χ0v) is 16.5. The van der Waals surface area contributed by atoms with E-state index in [9.17, 15) is 0 Å². The smallest absolute Gasteiger partial charge is 0.0411 e. The third-order valence-electron chi connectivity index (χ3n) is 5.79. The summed E-state index contributed by atoms with van der Waals surface area (Å²) in [5.41, 5.74) is 3.29. The number of fused-ring (bicyclic) bond motifs is 3. The van der Waals surface area contributed by atoms with E-state index >= 15 is 0 Å². The Morgan fingerprint density at radius 2 is 1.52 bits per heavy atom. The van der Waals surface area contributed by atoms with Crippen LogP contribution in [-0.2, 0) is 5.41 Å². The third kappa shape index (κ3) is 4.19. The van der Waals surface area contributed by atoms with Crippen molar-refractivity contribution in [3.8, 4) is 0 Å². The van der Waals surface area contributed by atoms with E-state index in [4.69, 9.17) is 0 Å². The van der Waals surface area contributed by atoms with Crippen LogP contribution in [0, 0.1) is 0 Å². The summed E-state index contributed by atoms with van der Waals surface area (Å²) in [6.07, 6.45) is 11.2. The third-order valence-corrected chi connectivity index (χ3v) is 5.79. The van der Waals surface area contributed by atoms with Crippen LogP contribution in [0.1, 0.15) is 77.7 Å². The molecule has 0 unspecified atom stereocenters. The van der Waals surface area contributed by atoms with E-state index < -0.39 is 0 Å². The Labute approximate surface area is 154 Å². The van der Waals surface area contributed by atoms with E-state index in [2.05, 4.69) is 62.1 Å². The molecule has 0 atom stereocenters. The van der Waals surface area contributed by atoms with Gasteiger partial charge in [0.1, 0.15) is 0 Å². The van der Waals surface area contributed by atoms with Gasteiger partial charge >= 0.3 is 0 Å². The van der Waals surface area contributed by atoms with E-state index in [-0.39, 0.29) is 5.41 Å². The molecular weight excluding hydrogens is 302 g/mol. The van der Waals surface area contributed by atoms with Gasteiger partial charge in [0.15, 0.2) is 0 Å². The molecule has 0 aromatic heterocycles. The first-order valence-electron chi connectivity index (χ1n) is 10.4. The van der Waals surface area contributed by atoms with Crippen molar-refractivity contribution in [2.24, 2.45) is 0 Å². The van der Waals surface area contributed by atoms with Crippen molar-refractivity contribution in [2.45, 2.75) is 77.6 Å². The van der Waals surface area contributed by atoms with Gasteiger partial charge in [-0.05, 0) is 28.8 Å². The fraction of sp³-hybridized carbons (Fsp3) is 0.583. The first-order valence-corrected chi connectivity index (χ1v) is 10.4. The van der Waals surface area contributed by atoms with Gasteiger partial charge in [0.25, 0.3) is 0 Å². The van der Waals surface area contributed by atoms with Gasteiger partial charge in [0.05, 0.1) is 0 Å². The molecule has 0 radical (unpaired) electrons. The number of benzene rings is 2. The van der Waals surface area contributed by atoms with Crippen LogP contribution in [0.3, 0.4) is 0 Å². The summed E-state index contributed by atoms with van der Waals surface area (Å²) in [5, 5.41) is 2.83. The second-order valence-corrected chi connectivity index (χ2v) is 8.46. The van der Waals surface area contributed by atoms with Crippen LogP contribution >= 0.6 is 0 Å². The average Bonchev–Trinajstić information content (AvgIpc) is 2.88. The van der Waals surface area contributed by atoms with Crippen molar-refractivity contribution in [2.75, 3.05) is 18.0 Å². The van der Waals surface area contributed by atoms with E-state index in [1.165, 1.54) is 74.4 Å². The molecule has 0 spiro atoms. The summed E-state index contributed by atoms with van der Waals surface area (Å²) in [4.78, 5) is 2.64. The molecule has 25 heavy (non-hydrogen) atoms. The number of rotatable bonds is 9. The Hall–Kier alpha value is -1.50. The van der Waals surface area contributed by atoms with Gasteiger partial charge in [0.2, 0.25) is 0 Å². The van der Waals surface area contributed by atoms with E-state index in [0.29, 0.717) is 0 Å². The first-order chi connectivity index (χ1) is 12.1. The second-order valence-electron chi connectivity index (χ2n) is 8.46. The largest absolute Gasteiger partial charge is 0.370 e. The normalized spacial score (nSPS) is 15.7. The molecule has 1 aliphatic rings. The van der Waals surface area contributed by atoms with Crippen molar-refractivity contribution in [1.82, 2.24) is 0 Å². The topological polar surface area (TPSA) is 3.24 Å². The van der Waals surface area contributed by atoms with Crippen LogP contribution in [0.15, 0.2) is 36.4 Å². The Morgan fingerprint density at radius 3 is 2.28 bits per heavy atom. The molecule has 0 bridgehead atoms. The van der Waals surface area contributed by atoms with Crippen molar-refractivity contribution < 1.29 is 0 Å². The van der Waals surface area contributed by atoms with Gasteiger partial charge in [-0.15, -0.1) is 0 Å². The maximum atomic E-state index is 2.64. The van der Waals surface area contributed by atoms with Gasteiger partial charge in [-0.2, -0.15) is 0 Å². The molecule has 0 saturated heterocycles. The van der Waals surface area contributed by atoms with Gasteiger partial charge < -0.3 is 4.90 Å². The minimum absolute atomic E-state index is 0.246. The summed E-state index contributed by atoms with van der Waals surface area (Å²) >= 11 is 0. The lowest BCUT2D eigenvalue weighted by Crippen LogP contribution is -2.29. The number of unbranched alkanes of at least 4 members (excludes halogenated alkanes) is 7. The molecule has 3 rings (SSSR count). The summed E-state index contributed by atoms with van der Waals surface area (Å²) in [7, 11) is 0. The first kappa shape index (κ1) is 18.3. The highest BCUT2D eigenvalue weighted by Crippen LogP contribution is 2.44. The molecule has 0 fully saturated rings. The van der Waals surface area contributed by atoms with Crippen molar-refractivity contribution in [3.63, 3.8) is 0 Å². The fourth-order valence-corrected chi connectivity index (χ4v) is 4.51. The van der Waals surface area contributed by atoms with E-state index in [1.54, 1.807) is 5.56 Å².